The van der Waals surface area contributed by atoms with Gasteiger partial charge in [0, 0.05) is 35.9 Å². The highest BCUT2D eigenvalue weighted by Crippen LogP contribution is 2.34. The number of rotatable bonds is 9. The van der Waals surface area contributed by atoms with E-state index in [9.17, 15) is 17.6 Å². The molecule has 40 heavy (non-hydrogen) atoms. The monoisotopic (exact) mass is 591 g/mol. The van der Waals surface area contributed by atoms with Crippen molar-refractivity contribution in [3.8, 4) is 17.0 Å². The molecule has 1 saturated heterocycles. The molecule has 0 saturated carbocycles. The Hall–Kier alpha value is -3.65. The van der Waals surface area contributed by atoms with Gasteiger partial charge in [0.25, 0.3) is 15.6 Å². The fourth-order valence-electron chi connectivity index (χ4n) is 4.46. The number of anilines is 1. The van der Waals surface area contributed by atoms with Crippen LogP contribution in [0.25, 0.3) is 22.0 Å². The van der Waals surface area contributed by atoms with E-state index < -0.39 is 21.7 Å². The van der Waals surface area contributed by atoms with E-state index in [1.54, 1.807) is 7.05 Å². The standard InChI is InChI=1S/C26H24ClF2N5O5S/c1-13(23-25(30-2)39-23)11-34-12-32-20-9-19(29)16(8-17(20)26(34)35)14-6-21(24(38-3)31-10-14)33-40(36,37)22-5-4-15(28)7-18(22)27/h4-10,12-13,23,25,30,33H,11H2,1-3H3/t13-,23?,25?/m0/s1. The summed E-state index contributed by atoms with van der Waals surface area (Å²) in [4.78, 5) is 21.3. The quantitative estimate of drug-likeness (QED) is 0.282. The van der Waals surface area contributed by atoms with Crippen LogP contribution in [0.4, 0.5) is 14.5 Å². The molecule has 3 heterocycles. The fraction of sp³-hybridized carbons (Fsp3) is 0.269. The maximum absolute atomic E-state index is 15.2. The van der Waals surface area contributed by atoms with Gasteiger partial charge in [-0.25, -0.2) is 27.2 Å². The predicted molar refractivity (Wildman–Crippen MR) is 145 cm³/mol. The second kappa shape index (κ2) is 10.7. The molecular weight excluding hydrogens is 568 g/mol. The van der Waals surface area contributed by atoms with Gasteiger partial charge in [-0.05, 0) is 37.4 Å². The topological polar surface area (TPSA) is 128 Å². The van der Waals surface area contributed by atoms with Crippen molar-refractivity contribution in [2.75, 3.05) is 18.9 Å². The van der Waals surface area contributed by atoms with Gasteiger partial charge in [0.2, 0.25) is 5.88 Å². The highest BCUT2D eigenvalue weighted by atomic mass is 35.5. The first-order chi connectivity index (χ1) is 19.0. The zero-order valence-electron chi connectivity index (χ0n) is 21.5. The Bertz CT molecular complexity index is 1790. The van der Waals surface area contributed by atoms with Gasteiger partial charge in [-0.1, -0.05) is 18.5 Å². The van der Waals surface area contributed by atoms with Crippen molar-refractivity contribution in [2.45, 2.75) is 30.7 Å². The number of nitrogens with zero attached hydrogens (tertiary/aromatic N) is 3. The molecule has 0 radical (unpaired) electrons. The smallest absolute Gasteiger partial charge is 0.263 e. The molecule has 10 nitrogen and oxygen atoms in total. The highest BCUT2D eigenvalue weighted by molar-refractivity contribution is 7.92. The van der Waals surface area contributed by atoms with Crippen molar-refractivity contribution in [1.29, 1.82) is 0 Å². The van der Waals surface area contributed by atoms with E-state index in [-0.39, 0.29) is 67.3 Å². The Labute approximate surface area is 233 Å². The lowest BCUT2D eigenvalue weighted by Gasteiger charge is -2.14. The molecule has 2 aromatic carbocycles. The Kier molecular flexibility index (Phi) is 7.48. The summed E-state index contributed by atoms with van der Waals surface area (Å²) < 4.78 is 69.2. The molecule has 1 fully saturated rings. The van der Waals surface area contributed by atoms with Gasteiger partial charge >= 0.3 is 0 Å². The van der Waals surface area contributed by atoms with Crippen molar-refractivity contribution >= 4 is 38.2 Å². The van der Waals surface area contributed by atoms with Gasteiger partial charge in [-0.3, -0.25) is 19.4 Å². The van der Waals surface area contributed by atoms with E-state index in [0.717, 1.165) is 24.3 Å². The largest absolute Gasteiger partial charge is 0.480 e. The average molecular weight is 592 g/mol. The van der Waals surface area contributed by atoms with Gasteiger partial charge in [0.15, 0.2) is 0 Å². The molecule has 1 aliphatic heterocycles. The van der Waals surface area contributed by atoms with Crippen molar-refractivity contribution in [3.63, 3.8) is 0 Å². The maximum atomic E-state index is 15.2. The number of hydrogen-bond acceptors (Lipinski definition) is 8. The van der Waals surface area contributed by atoms with Crippen LogP contribution in [0.3, 0.4) is 0 Å². The molecule has 2 aromatic heterocycles. The zero-order valence-corrected chi connectivity index (χ0v) is 23.1. The molecule has 5 rings (SSSR count). The van der Waals surface area contributed by atoms with E-state index in [4.69, 9.17) is 21.1 Å². The molecule has 14 heteroatoms. The molecule has 0 bridgehead atoms. The average Bonchev–Trinajstić information content (AvgIpc) is 3.70. The molecule has 1 aliphatic rings. The molecule has 0 spiro atoms. The summed E-state index contributed by atoms with van der Waals surface area (Å²) in [6.07, 6.45) is 2.56. The lowest BCUT2D eigenvalue weighted by atomic mass is 10.0. The number of benzene rings is 2. The van der Waals surface area contributed by atoms with Crippen LogP contribution in [0.1, 0.15) is 6.92 Å². The molecule has 0 amide bonds. The second-order valence-corrected chi connectivity index (χ2v) is 11.4. The third kappa shape index (κ3) is 5.37. The Morgan fingerprint density at radius 1 is 1.20 bits per heavy atom. The number of fused-ring (bicyclic) bond motifs is 1. The van der Waals surface area contributed by atoms with Crippen molar-refractivity contribution in [1.82, 2.24) is 19.9 Å². The van der Waals surface area contributed by atoms with Gasteiger partial charge in [0.05, 0.1) is 29.4 Å². The summed E-state index contributed by atoms with van der Waals surface area (Å²) >= 11 is 5.95. The summed E-state index contributed by atoms with van der Waals surface area (Å²) in [5, 5.41) is 2.87. The molecule has 2 N–H and O–H groups in total. The highest BCUT2D eigenvalue weighted by Gasteiger charge is 2.41. The lowest BCUT2D eigenvalue weighted by molar-refractivity contribution is 0.300. The lowest BCUT2D eigenvalue weighted by Crippen LogP contribution is -2.27. The minimum Gasteiger partial charge on any atom is -0.480 e. The minimum absolute atomic E-state index is 0.00612. The summed E-state index contributed by atoms with van der Waals surface area (Å²) in [7, 11) is -1.24. The number of epoxide rings is 1. The normalized spacial score (nSPS) is 17.6. The van der Waals surface area contributed by atoms with Crippen molar-refractivity contribution in [2.24, 2.45) is 5.92 Å². The Balaban J connectivity index is 1.52. The third-order valence-electron chi connectivity index (χ3n) is 6.55. The van der Waals surface area contributed by atoms with Crippen LogP contribution in [0.15, 0.2) is 58.6 Å². The van der Waals surface area contributed by atoms with E-state index in [1.165, 1.54) is 36.3 Å². The molecule has 2 unspecified atom stereocenters. The van der Waals surface area contributed by atoms with Gasteiger partial charge in [-0.2, -0.15) is 0 Å². The number of nitrogens with one attached hydrogen (secondary N) is 2. The second-order valence-electron chi connectivity index (χ2n) is 9.30. The summed E-state index contributed by atoms with van der Waals surface area (Å²) in [5.41, 5.74) is -0.170. The van der Waals surface area contributed by atoms with Crippen molar-refractivity contribution < 1.29 is 26.7 Å². The van der Waals surface area contributed by atoms with E-state index in [2.05, 4.69) is 20.0 Å². The Morgan fingerprint density at radius 3 is 2.65 bits per heavy atom. The van der Waals surface area contributed by atoms with Crippen LogP contribution in [0.2, 0.25) is 5.02 Å². The van der Waals surface area contributed by atoms with Crippen LogP contribution in [0, 0.1) is 17.6 Å². The van der Waals surface area contributed by atoms with Crippen LogP contribution < -0.4 is 20.3 Å². The third-order valence-corrected chi connectivity index (χ3v) is 8.40. The number of aromatic nitrogens is 3. The number of sulfonamides is 1. The van der Waals surface area contributed by atoms with Crippen molar-refractivity contribution in [3.05, 3.63) is 75.9 Å². The first-order valence-corrected chi connectivity index (χ1v) is 13.9. The summed E-state index contributed by atoms with van der Waals surface area (Å²) in [6, 6.07) is 6.63. The Morgan fingerprint density at radius 2 is 1.98 bits per heavy atom. The molecule has 4 aromatic rings. The SMILES string of the molecule is CNC1OC1[C@@H](C)Cn1cnc2cc(F)c(-c3cnc(OC)c(NS(=O)(=O)c4ccc(F)cc4Cl)c3)cc2c1=O. The first-order valence-electron chi connectivity index (χ1n) is 12.1. The van der Waals surface area contributed by atoms with Crippen LogP contribution in [-0.2, 0) is 21.3 Å². The number of hydrogen-bond donors (Lipinski definition) is 2. The van der Waals surface area contributed by atoms with Gasteiger partial charge < -0.3 is 9.47 Å². The number of halogens is 3. The molecule has 0 aliphatic carbocycles. The maximum Gasteiger partial charge on any atom is 0.263 e. The van der Waals surface area contributed by atoms with E-state index in [1.807, 2.05) is 6.92 Å². The van der Waals surface area contributed by atoms with Crippen LogP contribution >= 0.6 is 11.6 Å². The number of ether oxygens (including phenoxy) is 2. The van der Waals surface area contributed by atoms with Gasteiger partial charge in [-0.15, -0.1) is 0 Å². The molecular formula is C26H24ClF2N5O5S. The molecule has 210 valence electrons. The van der Waals surface area contributed by atoms with Crippen LogP contribution in [0.5, 0.6) is 5.88 Å². The van der Waals surface area contributed by atoms with E-state index >= 15 is 4.39 Å². The van der Waals surface area contributed by atoms with Crippen LogP contribution in [-0.4, -0.2) is 49.4 Å². The minimum atomic E-state index is -4.31. The number of likely N-dealkylation sites (N-methyl/N-ethyl adjacent to an activating group) is 1. The van der Waals surface area contributed by atoms with E-state index in [0.29, 0.717) is 6.54 Å². The predicted octanol–water partition coefficient (Wildman–Crippen LogP) is 3.78. The molecule has 3 atom stereocenters. The summed E-state index contributed by atoms with van der Waals surface area (Å²) in [6.45, 7) is 2.30. The number of pyridine rings is 1. The fourth-order valence-corrected chi connectivity index (χ4v) is 6.04. The number of methoxy groups -OCH3 is 1. The van der Waals surface area contributed by atoms with Gasteiger partial charge in [0.1, 0.15) is 34.5 Å². The summed E-state index contributed by atoms with van der Waals surface area (Å²) in [5.74, 6) is -1.49. The zero-order chi connectivity index (χ0) is 28.8. The first kappa shape index (κ1) is 27.9.